The molecule has 0 fully saturated rings. The molecular formula is C17H23N3. The van der Waals surface area contributed by atoms with Crippen molar-refractivity contribution in [3.63, 3.8) is 0 Å². The summed E-state index contributed by atoms with van der Waals surface area (Å²) in [7, 11) is 0. The van der Waals surface area contributed by atoms with Crippen LogP contribution in [0.2, 0.25) is 0 Å². The van der Waals surface area contributed by atoms with Gasteiger partial charge in [0.15, 0.2) is 0 Å². The maximum Gasteiger partial charge on any atom is 0.145 e. The Morgan fingerprint density at radius 3 is 2.30 bits per heavy atom. The normalized spacial score (nSPS) is 14.1. The van der Waals surface area contributed by atoms with Crippen molar-refractivity contribution in [2.45, 2.75) is 46.1 Å². The number of nitrogens with two attached hydrogens (primary N) is 1. The Balaban J connectivity index is 2.36. The highest BCUT2D eigenvalue weighted by molar-refractivity contribution is 5.60. The van der Waals surface area contributed by atoms with Gasteiger partial charge in [-0.15, -0.1) is 0 Å². The summed E-state index contributed by atoms with van der Waals surface area (Å²) in [6.07, 6.45) is 1.15. The van der Waals surface area contributed by atoms with Gasteiger partial charge in [-0.2, -0.15) is 0 Å². The van der Waals surface area contributed by atoms with Crippen molar-refractivity contribution >= 4 is 0 Å². The lowest BCUT2D eigenvalue weighted by atomic mass is 9.97. The van der Waals surface area contributed by atoms with Crippen LogP contribution in [0.15, 0.2) is 30.3 Å². The van der Waals surface area contributed by atoms with Crippen molar-refractivity contribution in [2.75, 3.05) is 0 Å². The molecule has 1 heterocycles. The predicted molar refractivity (Wildman–Crippen MR) is 83.5 cm³/mol. The van der Waals surface area contributed by atoms with E-state index in [1.807, 2.05) is 19.9 Å². The van der Waals surface area contributed by atoms with Gasteiger partial charge >= 0.3 is 0 Å². The number of hydrogen-bond acceptors (Lipinski definition) is 3. The molecule has 0 radical (unpaired) electrons. The summed E-state index contributed by atoms with van der Waals surface area (Å²) >= 11 is 0. The van der Waals surface area contributed by atoms with Gasteiger partial charge in [0.2, 0.25) is 0 Å². The van der Waals surface area contributed by atoms with Gasteiger partial charge in [0.05, 0.1) is 11.7 Å². The Morgan fingerprint density at radius 1 is 1.10 bits per heavy atom. The Bertz CT molecular complexity index is 573. The van der Waals surface area contributed by atoms with Crippen molar-refractivity contribution in [3.8, 4) is 11.3 Å². The first-order chi connectivity index (χ1) is 9.51. The lowest BCUT2D eigenvalue weighted by Crippen LogP contribution is -2.11. The van der Waals surface area contributed by atoms with E-state index in [0.717, 1.165) is 23.4 Å². The molecule has 3 nitrogen and oxygen atoms in total. The number of nitrogens with zero attached hydrogens (tertiary/aromatic N) is 2. The number of hydrogen-bond donors (Lipinski definition) is 1. The molecule has 0 amide bonds. The summed E-state index contributed by atoms with van der Waals surface area (Å²) in [4.78, 5) is 8.94. The van der Waals surface area contributed by atoms with Gasteiger partial charge in [-0.25, -0.2) is 9.97 Å². The molecule has 0 spiro atoms. The maximum atomic E-state index is 5.89. The molecule has 3 heteroatoms. The molecule has 2 rings (SSSR count). The number of benzene rings is 1. The van der Waals surface area contributed by atoms with E-state index in [4.69, 9.17) is 5.73 Å². The molecule has 0 aliphatic carbocycles. The van der Waals surface area contributed by atoms with E-state index in [0.29, 0.717) is 11.7 Å². The van der Waals surface area contributed by atoms with Gasteiger partial charge in [0, 0.05) is 11.3 Å². The Hall–Kier alpha value is -1.74. The minimum Gasteiger partial charge on any atom is -0.322 e. The summed E-state index contributed by atoms with van der Waals surface area (Å²) in [5.41, 5.74) is 10.3. The van der Waals surface area contributed by atoms with Crippen LogP contribution in [0.4, 0.5) is 0 Å². The topological polar surface area (TPSA) is 51.8 Å². The molecule has 2 aromatic rings. The molecule has 0 aliphatic heterocycles. The average Bonchev–Trinajstić information content (AvgIpc) is 2.46. The van der Waals surface area contributed by atoms with Gasteiger partial charge in [-0.1, -0.05) is 38.1 Å². The molecule has 106 valence electrons. The first kappa shape index (κ1) is 14.7. The fraction of sp³-hybridized carbons (Fsp3) is 0.412. The summed E-state index contributed by atoms with van der Waals surface area (Å²) in [6.45, 7) is 8.34. The molecule has 0 bridgehead atoms. The highest BCUT2D eigenvalue weighted by Gasteiger charge is 2.09. The quantitative estimate of drug-likeness (QED) is 0.913. The molecule has 1 aromatic heterocycles. The zero-order chi connectivity index (χ0) is 14.7. The predicted octanol–water partition coefficient (Wildman–Crippen LogP) is 3.99. The number of aromatic nitrogens is 2. The van der Waals surface area contributed by atoms with E-state index >= 15 is 0 Å². The molecule has 0 saturated heterocycles. The number of aryl methyl sites for hydroxylation is 1. The van der Waals surface area contributed by atoms with E-state index in [2.05, 4.69) is 48.1 Å². The number of rotatable bonds is 4. The first-order valence-corrected chi connectivity index (χ1v) is 7.22. The smallest absolute Gasteiger partial charge is 0.145 e. The van der Waals surface area contributed by atoms with Crippen LogP contribution in [0.25, 0.3) is 11.3 Å². The second-order valence-electron chi connectivity index (χ2n) is 5.47. The van der Waals surface area contributed by atoms with Crippen LogP contribution in [0.1, 0.15) is 56.2 Å². The lowest BCUT2D eigenvalue weighted by molar-refractivity contribution is 0.732. The van der Waals surface area contributed by atoms with E-state index in [1.165, 1.54) is 5.56 Å². The van der Waals surface area contributed by atoms with Crippen LogP contribution in [0.5, 0.6) is 0 Å². The van der Waals surface area contributed by atoms with Gasteiger partial charge in [0.25, 0.3) is 0 Å². The second kappa shape index (κ2) is 6.14. The van der Waals surface area contributed by atoms with Crippen LogP contribution < -0.4 is 5.73 Å². The van der Waals surface area contributed by atoms with Crippen LogP contribution >= 0.6 is 0 Å². The highest BCUT2D eigenvalue weighted by atomic mass is 14.9. The van der Waals surface area contributed by atoms with Crippen molar-refractivity contribution < 1.29 is 0 Å². The first-order valence-electron chi connectivity index (χ1n) is 7.22. The van der Waals surface area contributed by atoms with Crippen molar-refractivity contribution in [2.24, 2.45) is 5.73 Å². The Kier molecular flexibility index (Phi) is 4.50. The molecule has 1 aromatic carbocycles. The zero-order valence-corrected chi connectivity index (χ0v) is 12.7. The Morgan fingerprint density at radius 2 is 1.75 bits per heavy atom. The van der Waals surface area contributed by atoms with Crippen LogP contribution in [0, 0.1) is 6.92 Å². The SMILES string of the molecule is CCC(C)c1ccc(-c2cc(C)nc(C(C)N)n2)cc1. The highest BCUT2D eigenvalue weighted by Crippen LogP contribution is 2.24. The summed E-state index contributed by atoms with van der Waals surface area (Å²) < 4.78 is 0. The standard InChI is InChI=1S/C17H23N3/c1-5-11(2)14-6-8-15(9-7-14)16-10-12(3)19-17(20-16)13(4)18/h6-11,13H,5,18H2,1-4H3. The third-order valence-corrected chi connectivity index (χ3v) is 3.67. The zero-order valence-electron chi connectivity index (χ0n) is 12.7. The maximum absolute atomic E-state index is 5.89. The van der Waals surface area contributed by atoms with Gasteiger partial charge in [-0.3, -0.25) is 0 Å². The summed E-state index contributed by atoms with van der Waals surface area (Å²) in [5.74, 6) is 1.29. The minimum absolute atomic E-state index is 0.145. The van der Waals surface area contributed by atoms with Crippen LogP contribution in [-0.4, -0.2) is 9.97 Å². The van der Waals surface area contributed by atoms with E-state index in [1.54, 1.807) is 0 Å². The largest absolute Gasteiger partial charge is 0.322 e. The van der Waals surface area contributed by atoms with Crippen molar-refractivity contribution in [1.29, 1.82) is 0 Å². The monoisotopic (exact) mass is 269 g/mol. The molecule has 0 aliphatic rings. The van der Waals surface area contributed by atoms with Crippen LogP contribution in [0.3, 0.4) is 0 Å². The fourth-order valence-corrected chi connectivity index (χ4v) is 2.16. The third kappa shape index (κ3) is 3.23. The van der Waals surface area contributed by atoms with E-state index in [9.17, 15) is 0 Å². The summed E-state index contributed by atoms with van der Waals surface area (Å²) in [6, 6.07) is 10.5. The Labute approximate surface area is 121 Å². The van der Waals surface area contributed by atoms with Gasteiger partial charge in [-0.05, 0) is 37.8 Å². The summed E-state index contributed by atoms with van der Waals surface area (Å²) in [5, 5.41) is 0. The van der Waals surface area contributed by atoms with Gasteiger partial charge in [0.1, 0.15) is 5.82 Å². The second-order valence-corrected chi connectivity index (χ2v) is 5.47. The molecule has 0 saturated carbocycles. The van der Waals surface area contributed by atoms with Crippen LogP contribution in [-0.2, 0) is 0 Å². The molecule has 20 heavy (non-hydrogen) atoms. The third-order valence-electron chi connectivity index (χ3n) is 3.67. The molecular weight excluding hydrogens is 246 g/mol. The van der Waals surface area contributed by atoms with Gasteiger partial charge < -0.3 is 5.73 Å². The van der Waals surface area contributed by atoms with E-state index < -0.39 is 0 Å². The molecule has 2 atom stereocenters. The molecule has 2 unspecified atom stereocenters. The van der Waals surface area contributed by atoms with Crippen molar-refractivity contribution in [3.05, 3.63) is 47.4 Å². The fourth-order valence-electron chi connectivity index (χ4n) is 2.16. The minimum atomic E-state index is -0.145. The average molecular weight is 269 g/mol. The van der Waals surface area contributed by atoms with E-state index in [-0.39, 0.29) is 6.04 Å². The molecule has 2 N–H and O–H groups in total. The lowest BCUT2D eigenvalue weighted by Gasteiger charge is -2.11. The van der Waals surface area contributed by atoms with Crippen molar-refractivity contribution in [1.82, 2.24) is 9.97 Å².